The van der Waals surface area contributed by atoms with Gasteiger partial charge in [-0.25, -0.2) is 4.98 Å². The van der Waals surface area contributed by atoms with E-state index in [1.165, 1.54) is 19.3 Å². The van der Waals surface area contributed by atoms with Crippen molar-refractivity contribution in [3.05, 3.63) is 53.2 Å². The van der Waals surface area contributed by atoms with Gasteiger partial charge in [0, 0.05) is 48.5 Å². The molecule has 3 aliphatic heterocycles. The number of likely N-dealkylation sites (tertiary alicyclic amines) is 1. The number of ether oxygens (including phenoxy) is 1. The Balaban J connectivity index is 1.15. The molecule has 2 amide bonds. The third-order valence-corrected chi connectivity index (χ3v) is 8.25. The number of hydrogen-bond acceptors (Lipinski definition) is 6. The summed E-state index contributed by atoms with van der Waals surface area (Å²) in [5.41, 5.74) is 2.13. The highest BCUT2D eigenvalue weighted by Gasteiger charge is 2.42. The van der Waals surface area contributed by atoms with E-state index < -0.39 is 0 Å². The fourth-order valence-corrected chi connectivity index (χ4v) is 6.30. The number of carbonyl (C=O) groups is 2. The van der Waals surface area contributed by atoms with Gasteiger partial charge in [-0.15, -0.1) is 0 Å². The maximum Gasteiger partial charge on any atom is 0.252 e. The minimum atomic E-state index is -0.0618. The van der Waals surface area contributed by atoms with E-state index >= 15 is 0 Å². The van der Waals surface area contributed by atoms with Crippen molar-refractivity contribution in [3.63, 3.8) is 0 Å². The van der Waals surface area contributed by atoms with E-state index in [2.05, 4.69) is 25.4 Å². The number of pyridine rings is 1. The fraction of sp³-hybridized carbons (Fsp3) is 0.552. The molecule has 8 nitrogen and oxygen atoms in total. The molecule has 0 radical (unpaired) electrons. The van der Waals surface area contributed by atoms with Gasteiger partial charge >= 0.3 is 0 Å². The quantitative estimate of drug-likeness (QED) is 0.571. The molecule has 5 rings (SSSR count). The summed E-state index contributed by atoms with van der Waals surface area (Å²) in [6, 6.07) is 10.3. The molecule has 0 saturated carbocycles. The van der Waals surface area contributed by atoms with Crippen LogP contribution in [0.5, 0.6) is 5.75 Å². The van der Waals surface area contributed by atoms with Crippen LogP contribution in [0.2, 0.25) is 0 Å². The van der Waals surface area contributed by atoms with Crippen LogP contribution in [0.25, 0.3) is 0 Å². The van der Waals surface area contributed by atoms with Crippen LogP contribution in [-0.4, -0.2) is 73.1 Å². The Kier molecular flexibility index (Phi) is 7.93. The van der Waals surface area contributed by atoms with Gasteiger partial charge < -0.3 is 25.2 Å². The first-order valence-corrected chi connectivity index (χ1v) is 13.7. The minimum Gasteiger partial charge on any atom is -0.496 e. The number of methoxy groups -OCH3 is 1. The summed E-state index contributed by atoms with van der Waals surface area (Å²) in [6.07, 6.45) is 9.50. The van der Waals surface area contributed by atoms with Gasteiger partial charge in [-0.3, -0.25) is 9.59 Å². The van der Waals surface area contributed by atoms with E-state index in [9.17, 15) is 9.59 Å². The van der Waals surface area contributed by atoms with Gasteiger partial charge in [0.2, 0.25) is 0 Å². The van der Waals surface area contributed by atoms with Crippen LogP contribution in [0.3, 0.4) is 0 Å². The number of nitrogens with one attached hydrogen (secondary N) is 2. The largest absolute Gasteiger partial charge is 0.496 e. The second kappa shape index (κ2) is 11.5. The second-order valence-electron chi connectivity index (χ2n) is 10.6. The first-order valence-electron chi connectivity index (χ1n) is 13.7. The van der Waals surface area contributed by atoms with Gasteiger partial charge in [-0.05, 0) is 82.8 Å². The molecule has 37 heavy (non-hydrogen) atoms. The first kappa shape index (κ1) is 25.5. The zero-order valence-electron chi connectivity index (χ0n) is 22.0. The normalized spacial score (nSPS) is 23.5. The Labute approximate surface area is 219 Å². The highest BCUT2D eigenvalue weighted by Crippen LogP contribution is 2.38. The maximum absolute atomic E-state index is 13.0. The van der Waals surface area contributed by atoms with Crippen LogP contribution in [0.15, 0.2) is 36.5 Å². The smallest absolute Gasteiger partial charge is 0.252 e. The van der Waals surface area contributed by atoms with Crippen molar-refractivity contribution in [1.82, 2.24) is 20.5 Å². The summed E-state index contributed by atoms with van der Waals surface area (Å²) >= 11 is 0. The lowest BCUT2D eigenvalue weighted by atomic mass is 9.96. The molecule has 0 aliphatic carbocycles. The number of hydrogen-bond donors (Lipinski definition) is 2. The van der Waals surface area contributed by atoms with Crippen molar-refractivity contribution in [2.45, 2.75) is 70.0 Å². The SMILES string of the molecule is COc1cccc(C(=O)N[C@H]2C[C@H]3CC[C@@H](C2)N3c2ccc(C(=O)NCCN3CCCCC3)cn2)c1C. The van der Waals surface area contributed by atoms with E-state index in [1.54, 1.807) is 13.3 Å². The number of amides is 2. The van der Waals surface area contributed by atoms with Gasteiger partial charge in [0.1, 0.15) is 11.6 Å². The highest BCUT2D eigenvalue weighted by atomic mass is 16.5. The lowest BCUT2D eigenvalue weighted by Gasteiger charge is -2.40. The number of fused-ring (bicyclic) bond motifs is 2. The summed E-state index contributed by atoms with van der Waals surface area (Å²) in [5.74, 6) is 1.55. The summed E-state index contributed by atoms with van der Waals surface area (Å²) in [7, 11) is 1.63. The van der Waals surface area contributed by atoms with Crippen LogP contribution in [0, 0.1) is 6.92 Å². The molecule has 2 bridgehead atoms. The Morgan fingerprint density at radius 1 is 1.03 bits per heavy atom. The van der Waals surface area contributed by atoms with Crippen LogP contribution in [0.4, 0.5) is 5.82 Å². The number of benzene rings is 1. The number of piperidine rings is 2. The fourth-order valence-electron chi connectivity index (χ4n) is 6.30. The molecule has 1 aromatic carbocycles. The molecule has 0 unspecified atom stereocenters. The number of anilines is 1. The van der Waals surface area contributed by atoms with Crippen LogP contribution in [-0.2, 0) is 0 Å². The van der Waals surface area contributed by atoms with Crippen LogP contribution in [0.1, 0.15) is 71.2 Å². The number of carbonyl (C=O) groups excluding carboxylic acids is 2. The van der Waals surface area contributed by atoms with Crippen molar-refractivity contribution >= 4 is 17.6 Å². The molecular weight excluding hydrogens is 466 g/mol. The van der Waals surface area contributed by atoms with Crippen molar-refractivity contribution in [1.29, 1.82) is 0 Å². The molecule has 4 heterocycles. The molecule has 3 saturated heterocycles. The van der Waals surface area contributed by atoms with Gasteiger partial charge in [-0.1, -0.05) is 12.5 Å². The summed E-state index contributed by atoms with van der Waals surface area (Å²) in [4.78, 5) is 35.1. The van der Waals surface area contributed by atoms with Crippen LogP contribution >= 0.6 is 0 Å². The molecule has 2 N–H and O–H groups in total. The predicted octanol–water partition coefficient (Wildman–Crippen LogP) is 3.54. The minimum absolute atomic E-state index is 0.0389. The Bertz CT molecular complexity index is 1090. The topological polar surface area (TPSA) is 86.8 Å². The average Bonchev–Trinajstić information content (AvgIpc) is 3.19. The molecule has 198 valence electrons. The molecule has 0 spiro atoms. The first-order chi connectivity index (χ1) is 18.0. The van der Waals surface area contributed by atoms with Crippen molar-refractivity contribution in [3.8, 4) is 5.75 Å². The van der Waals surface area contributed by atoms with E-state index in [1.807, 2.05) is 37.3 Å². The summed E-state index contributed by atoms with van der Waals surface area (Å²) in [5, 5.41) is 6.31. The zero-order chi connectivity index (χ0) is 25.8. The molecule has 1 aromatic heterocycles. The van der Waals surface area contributed by atoms with Gasteiger partial charge in [-0.2, -0.15) is 0 Å². The number of rotatable bonds is 8. The average molecular weight is 506 g/mol. The third kappa shape index (κ3) is 5.74. The number of nitrogens with zero attached hydrogens (tertiary/aromatic N) is 3. The van der Waals surface area contributed by atoms with Crippen LogP contribution < -0.4 is 20.3 Å². The molecule has 2 aromatic rings. The van der Waals surface area contributed by atoms with Gasteiger partial charge in [0.15, 0.2) is 0 Å². The number of aromatic nitrogens is 1. The lowest BCUT2D eigenvalue weighted by molar-refractivity contribution is 0.0923. The molecule has 3 atom stereocenters. The molecule has 3 aliphatic rings. The molecule has 3 fully saturated rings. The van der Waals surface area contributed by atoms with E-state index in [0.29, 0.717) is 29.8 Å². The predicted molar refractivity (Wildman–Crippen MR) is 144 cm³/mol. The summed E-state index contributed by atoms with van der Waals surface area (Å²) < 4.78 is 5.38. The van der Waals surface area contributed by atoms with E-state index in [0.717, 1.165) is 62.4 Å². The monoisotopic (exact) mass is 505 g/mol. The van der Waals surface area contributed by atoms with Crippen molar-refractivity contribution in [2.24, 2.45) is 0 Å². The van der Waals surface area contributed by atoms with Gasteiger partial charge in [0.05, 0.1) is 12.7 Å². The van der Waals surface area contributed by atoms with E-state index in [-0.39, 0.29) is 17.9 Å². The third-order valence-electron chi connectivity index (χ3n) is 8.25. The highest BCUT2D eigenvalue weighted by molar-refractivity contribution is 5.96. The lowest BCUT2D eigenvalue weighted by Crippen LogP contribution is -2.50. The van der Waals surface area contributed by atoms with Crippen molar-refractivity contribution < 1.29 is 14.3 Å². The molecular formula is C29H39N5O3. The standard InChI is InChI=1S/C29H39N5O3/c1-20-25(7-6-8-26(20)37-2)29(36)32-22-17-23-10-11-24(18-22)34(23)27-12-9-21(19-31-27)28(35)30-13-16-33-14-4-3-5-15-33/h6-9,12,19,22-24H,3-5,10-11,13-18H2,1-2H3,(H,30,35)(H,32,36)/t22-,23+,24-. The Morgan fingerprint density at radius 2 is 1.78 bits per heavy atom. The Hall–Kier alpha value is -3.13. The maximum atomic E-state index is 13.0. The summed E-state index contributed by atoms with van der Waals surface area (Å²) in [6.45, 7) is 5.76. The zero-order valence-corrected chi connectivity index (χ0v) is 22.0. The Morgan fingerprint density at radius 3 is 2.46 bits per heavy atom. The van der Waals surface area contributed by atoms with Crippen molar-refractivity contribution in [2.75, 3.05) is 38.2 Å². The second-order valence-corrected chi connectivity index (χ2v) is 10.6. The molecule has 8 heteroatoms. The van der Waals surface area contributed by atoms with Gasteiger partial charge in [0.25, 0.3) is 11.8 Å². The van der Waals surface area contributed by atoms with E-state index in [4.69, 9.17) is 4.74 Å².